The van der Waals surface area contributed by atoms with Gasteiger partial charge in [0.2, 0.25) is 0 Å². The number of benzene rings is 7. The first-order chi connectivity index (χ1) is 24.8. The number of furan rings is 1. The van der Waals surface area contributed by atoms with Gasteiger partial charge in [-0.3, -0.25) is 0 Å². The Morgan fingerprint density at radius 1 is 0.440 bits per heavy atom. The monoisotopic (exact) mass is 637 g/mol. The van der Waals surface area contributed by atoms with Crippen LogP contribution in [-0.4, -0.2) is 14.4 Å². The van der Waals surface area contributed by atoms with Crippen molar-refractivity contribution in [3.63, 3.8) is 0 Å². The predicted molar refractivity (Wildman–Crippen MR) is 206 cm³/mol. The number of para-hydroxylation sites is 4. The van der Waals surface area contributed by atoms with E-state index < -0.39 is 0 Å². The molecule has 0 amide bonds. The van der Waals surface area contributed by atoms with Crippen molar-refractivity contribution in [2.24, 2.45) is 0 Å². The minimum Gasteiger partial charge on any atom is -0.455 e. The fourth-order valence-corrected chi connectivity index (χ4v) is 8.01. The molecule has 0 aliphatic carbocycles. The molecule has 4 heteroatoms. The third-order valence-electron chi connectivity index (χ3n) is 10.2. The van der Waals surface area contributed by atoms with Crippen molar-refractivity contribution in [2.75, 3.05) is 0 Å². The highest BCUT2D eigenvalue weighted by Gasteiger charge is 2.25. The molecule has 4 aromatic heterocycles. The molecule has 11 aromatic rings. The van der Waals surface area contributed by atoms with Crippen molar-refractivity contribution in [1.29, 1.82) is 0 Å². The van der Waals surface area contributed by atoms with E-state index >= 15 is 0 Å². The first-order valence-electron chi connectivity index (χ1n) is 16.9. The topological polar surface area (TPSA) is 43.3 Å². The Hall–Kier alpha value is -6.78. The van der Waals surface area contributed by atoms with E-state index in [2.05, 4.69) is 144 Å². The summed E-state index contributed by atoms with van der Waals surface area (Å²) in [5, 5.41) is 7.06. The average molecular weight is 638 g/mol. The van der Waals surface area contributed by atoms with Crippen LogP contribution >= 0.6 is 0 Å². The van der Waals surface area contributed by atoms with Crippen molar-refractivity contribution in [1.82, 2.24) is 14.4 Å². The molecule has 0 N–H and O–H groups in total. The van der Waals surface area contributed by atoms with Crippen LogP contribution in [-0.2, 0) is 0 Å². The van der Waals surface area contributed by atoms with E-state index in [9.17, 15) is 0 Å². The van der Waals surface area contributed by atoms with Crippen molar-refractivity contribution in [3.8, 4) is 45.0 Å². The molecule has 7 aromatic carbocycles. The molecule has 0 atom stereocenters. The van der Waals surface area contributed by atoms with E-state index in [1.54, 1.807) is 0 Å². The number of nitrogens with zero attached hydrogens (tertiary/aromatic N) is 3. The third kappa shape index (κ3) is 3.81. The van der Waals surface area contributed by atoms with Gasteiger partial charge >= 0.3 is 0 Å². The van der Waals surface area contributed by atoms with Crippen LogP contribution in [0.4, 0.5) is 0 Å². The second kappa shape index (κ2) is 10.4. The van der Waals surface area contributed by atoms with Crippen LogP contribution in [0.5, 0.6) is 0 Å². The second-order valence-corrected chi connectivity index (χ2v) is 12.9. The van der Waals surface area contributed by atoms with Gasteiger partial charge in [-0.05, 0) is 30.3 Å². The summed E-state index contributed by atoms with van der Waals surface area (Å²) in [6, 6.07) is 57.5. The number of hydrogen-bond acceptors (Lipinski definition) is 3. The molecule has 0 aliphatic heterocycles. The molecule has 0 unspecified atom stereocenters. The summed E-state index contributed by atoms with van der Waals surface area (Å²) in [5.74, 6) is 0.671. The highest BCUT2D eigenvalue weighted by atomic mass is 16.3. The molecule has 4 nitrogen and oxygen atoms in total. The highest BCUT2D eigenvalue weighted by molar-refractivity contribution is 6.28. The first kappa shape index (κ1) is 27.2. The summed E-state index contributed by atoms with van der Waals surface area (Å²) < 4.78 is 9.16. The van der Waals surface area contributed by atoms with Crippen LogP contribution in [0.25, 0.3) is 105 Å². The zero-order valence-electron chi connectivity index (χ0n) is 26.8. The summed E-state index contributed by atoms with van der Waals surface area (Å²) in [7, 11) is 0. The maximum atomic E-state index is 6.73. The molecular weight excluding hydrogens is 611 g/mol. The minimum absolute atomic E-state index is 0.671. The van der Waals surface area contributed by atoms with Gasteiger partial charge in [0, 0.05) is 60.1 Å². The van der Waals surface area contributed by atoms with Gasteiger partial charge in [-0.2, -0.15) is 0 Å². The quantitative estimate of drug-likeness (QED) is 0.193. The zero-order valence-corrected chi connectivity index (χ0v) is 26.8. The summed E-state index contributed by atoms with van der Waals surface area (Å²) in [4.78, 5) is 10.6. The SMILES string of the molecule is c1ccc(-c2cc(-c3ccccc3)nc(-c3ccc4c(c3-c3cccc5c3oc3ccccc35)c3cccc5c6ccccc6n4c53)n2)cc1. The summed E-state index contributed by atoms with van der Waals surface area (Å²) in [5.41, 5.74) is 12.2. The molecule has 0 radical (unpaired) electrons. The maximum absolute atomic E-state index is 6.73. The zero-order chi connectivity index (χ0) is 32.8. The molecule has 0 saturated carbocycles. The van der Waals surface area contributed by atoms with Gasteiger partial charge in [0.15, 0.2) is 5.82 Å². The highest BCUT2D eigenvalue weighted by Crippen LogP contribution is 2.48. The Morgan fingerprint density at radius 2 is 1.06 bits per heavy atom. The Labute approximate surface area is 286 Å². The Morgan fingerprint density at radius 3 is 1.84 bits per heavy atom. The molecule has 0 aliphatic rings. The van der Waals surface area contributed by atoms with Crippen molar-refractivity contribution in [3.05, 3.63) is 164 Å². The van der Waals surface area contributed by atoms with Crippen LogP contribution in [0.3, 0.4) is 0 Å². The van der Waals surface area contributed by atoms with Gasteiger partial charge in [-0.15, -0.1) is 0 Å². The maximum Gasteiger partial charge on any atom is 0.161 e. The van der Waals surface area contributed by atoms with Crippen LogP contribution in [0, 0.1) is 0 Å². The van der Waals surface area contributed by atoms with E-state index in [4.69, 9.17) is 14.4 Å². The first-order valence-corrected chi connectivity index (χ1v) is 16.9. The van der Waals surface area contributed by atoms with Gasteiger partial charge in [0.25, 0.3) is 0 Å². The lowest BCUT2D eigenvalue weighted by atomic mass is 9.92. The molecule has 232 valence electrons. The van der Waals surface area contributed by atoms with Crippen LogP contribution in [0.15, 0.2) is 168 Å². The van der Waals surface area contributed by atoms with Crippen LogP contribution in [0.1, 0.15) is 0 Å². The molecular formula is C46H27N3O. The number of rotatable bonds is 4. The van der Waals surface area contributed by atoms with Crippen molar-refractivity contribution >= 4 is 60.0 Å². The summed E-state index contributed by atoms with van der Waals surface area (Å²) >= 11 is 0. The third-order valence-corrected chi connectivity index (χ3v) is 10.2. The Balaban J connectivity index is 1.32. The minimum atomic E-state index is 0.671. The van der Waals surface area contributed by atoms with Gasteiger partial charge in [-0.1, -0.05) is 133 Å². The fraction of sp³-hybridized carbons (Fsp3) is 0. The molecule has 11 rings (SSSR count). The van der Waals surface area contributed by atoms with Gasteiger partial charge in [-0.25, -0.2) is 9.97 Å². The van der Waals surface area contributed by atoms with Crippen molar-refractivity contribution < 1.29 is 4.42 Å². The van der Waals surface area contributed by atoms with Gasteiger partial charge < -0.3 is 8.82 Å². The Kier molecular flexibility index (Phi) is 5.63. The molecule has 0 bridgehead atoms. The largest absolute Gasteiger partial charge is 0.455 e. The molecule has 0 saturated heterocycles. The standard InChI is InChI=1S/C46H27N3O/c1-3-13-28(14-4-1)37-27-38(29-15-5-2-6-16-29)48-46(47-37)36-25-26-40-43(34-21-11-19-32-30-17-7-9-23-39(30)49(40)44(32)34)42(36)35-22-12-20-33-31-18-8-10-24-41(31)50-45(33)35/h1-27H. The Bertz CT molecular complexity index is 3030. The van der Waals surface area contributed by atoms with E-state index in [0.29, 0.717) is 5.82 Å². The van der Waals surface area contributed by atoms with Crippen molar-refractivity contribution in [2.45, 2.75) is 0 Å². The van der Waals surface area contributed by atoms with E-state index in [0.717, 1.165) is 72.0 Å². The van der Waals surface area contributed by atoms with E-state index in [-0.39, 0.29) is 0 Å². The lowest BCUT2D eigenvalue weighted by molar-refractivity contribution is 0.670. The molecule has 0 spiro atoms. The van der Waals surface area contributed by atoms with E-state index in [1.165, 1.54) is 27.2 Å². The second-order valence-electron chi connectivity index (χ2n) is 12.9. The normalized spacial score (nSPS) is 12.0. The lowest BCUT2D eigenvalue weighted by Crippen LogP contribution is -1.98. The van der Waals surface area contributed by atoms with Crippen LogP contribution < -0.4 is 0 Å². The molecule has 0 fully saturated rings. The summed E-state index contributed by atoms with van der Waals surface area (Å²) in [6.07, 6.45) is 0. The molecule has 50 heavy (non-hydrogen) atoms. The van der Waals surface area contributed by atoms with E-state index in [1.807, 2.05) is 24.3 Å². The number of fused-ring (bicyclic) bond motifs is 9. The lowest BCUT2D eigenvalue weighted by Gasteiger charge is -2.15. The fourth-order valence-electron chi connectivity index (χ4n) is 8.01. The molecule has 4 heterocycles. The number of hydrogen-bond donors (Lipinski definition) is 0. The summed E-state index contributed by atoms with van der Waals surface area (Å²) in [6.45, 7) is 0. The van der Waals surface area contributed by atoms with Gasteiger partial charge in [0.1, 0.15) is 11.2 Å². The smallest absolute Gasteiger partial charge is 0.161 e. The number of aromatic nitrogens is 3. The average Bonchev–Trinajstić information content (AvgIpc) is 3.85. The van der Waals surface area contributed by atoms with Crippen LogP contribution in [0.2, 0.25) is 0 Å². The van der Waals surface area contributed by atoms with Gasteiger partial charge in [0.05, 0.1) is 27.9 Å². The predicted octanol–water partition coefficient (Wildman–Crippen LogP) is 12.2.